The average molecular weight is 397 g/mol. The van der Waals surface area contributed by atoms with Crippen molar-refractivity contribution in [2.24, 2.45) is 0 Å². The predicted octanol–water partition coefficient (Wildman–Crippen LogP) is 7.72. The maximum Gasteiger partial charge on any atom is 0.0283 e. The van der Waals surface area contributed by atoms with E-state index in [9.17, 15) is 0 Å². The van der Waals surface area contributed by atoms with Crippen LogP contribution in [-0.2, 0) is 11.8 Å². The summed E-state index contributed by atoms with van der Waals surface area (Å²) in [7, 11) is 0. The number of allylic oxidation sites excluding steroid dienone is 4. The van der Waals surface area contributed by atoms with Crippen molar-refractivity contribution in [3.8, 4) is 11.1 Å². The maximum atomic E-state index is 2.42. The van der Waals surface area contributed by atoms with E-state index in [4.69, 9.17) is 0 Å². The molecule has 0 heteroatoms. The third-order valence-corrected chi connectivity index (χ3v) is 7.94. The first-order valence-corrected chi connectivity index (χ1v) is 11.4. The molecule has 148 valence electrons. The summed E-state index contributed by atoms with van der Waals surface area (Å²) in [5.74, 6) is 0.359. The van der Waals surface area contributed by atoms with Gasteiger partial charge >= 0.3 is 0 Å². The molecule has 0 fully saturated rings. The molecule has 0 spiro atoms. The number of hydrogen-bond acceptors (Lipinski definition) is 0. The summed E-state index contributed by atoms with van der Waals surface area (Å²) in [6.45, 7) is 0. The molecule has 0 radical (unpaired) electrons. The molecule has 0 nitrogen and oxygen atoms in total. The van der Waals surface area contributed by atoms with Gasteiger partial charge in [-0.3, -0.25) is 0 Å². The normalized spacial score (nSPS) is 23.0. The molecular weight excluding hydrogens is 372 g/mol. The lowest BCUT2D eigenvalue weighted by atomic mass is 9.62. The summed E-state index contributed by atoms with van der Waals surface area (Å²) in [5, 5.41) is 2.72. The summed E-state index contributed by atoms with van der Waals surface area (Å²) in [5.41, 5.74) is 10.6. The molecule has 0 aromatic heterocycles. The molecule has 0 heterocycles. The van der Waals surface area contributed by atoms with Crippen molar-refractivity contribution >= 4 is 10.8 Å². The summed E-state index contributed by atoms with van der Waals surface area (Å²) in [6.07, 6.45) is 10.4. The van der Waals surface area contributed by atoms with Crippen molar-refractivity contribution in [3.63, 3.8) is 0 Å². The highest BCUT2D eigenvalue weighted by atomic mass is 14.5. The quantitative estimate of drug-likeness (QED) is 0.325. The summed E-state index contributed by atoms with van der Waals surface area (Å²) in [4.78, 5) is 0. The number of rotatable bonds is 2. The van der Waals surface area contributed by atoms with Gasteiger partial charge in [0.2, 0.25) is 0 Å². The van der Waals surface area contributed by atoms with E-state index in [-0.39, 0.29) is 5.41 Å². The monoisotopic (exact) mass is 396 g/mol. The Kier molecular flexibility index (Phi) is 3.52. The Hall–Kier alpha value is -3.38. The molecule has 0 saturated heterocycles. The predicted molar refractivity (Wildman–Crippen MR) is 130 cm³/mol. The highest BCUT2D eigenvalue weighted by molar-refractivity contribution is 6.02. The Balaban J connectivity index is 1.59. The number of aryl methyl sites for hydroxylation is 1. The molecule has 0 bridgehead atoms. The first kappa shape index (κ1) is 17.3. The first-order valence-electron chi connectivity index (χ1n) is 11.4. The van der Waals surface area contributed by atoms with Gasteiger partial charge < -0.3 is 0 Å². The molecule has 31 heavy (non-hydrogen) atoms. The van der Waals surface area contributed by atoms with Crippen molar-refractivity contribution in [2.75, 3.05) is 0 Å². The summed E-state index contributed by atoms with van der Waals surface area (Å²) >= 11 is 0. The minimum atomic E-state index is 0.0317. The SMILES string of the molecule is C1=CCC(C2(C3c4ccccc4-c4c3ccc3ccccc43)CCc3ccccc32)=C1. The van der Waals surface area contributed by atoms with Gasteiger partial charge in [0.25, 0.3) is 0 Å². The zero-order chi connectivity index (χ0) is 20.4. The van der Waals surface area contributed by atoms with Crippen LogP contribution in [0, 0.1) is 0 Å². The molecule has 4 aromatic carbocycles. The fraction of sp³-hybridized carbons (Fsp3) is 0.161. The van der Waals surface area contributed by atoms with Crippen LogP contribution in [0.5, 0.6) is 0 Å². The van der Waals surface area contributed by atoms with Crippen molar-refractivity contribution in [3.05, 3.63) is 131 Å². The summed E-state index contributed by atoms with van der Waals surface area (Å²) < 4.78 is 0. The van der Waals surface area contributed by atoms with E-state index >= 15 is 0 Å². The van der Waals surface area contributed by atoms with Crippen LogP contribution in [-0.4, -0.2) is 0 Å². The maximum absolute atomic E-state index is 2.42. The molecular formula is C31H24. The second-order valence-corrected chi connectivity index (χ2v) is 9.22. The molecule has 3 aliphatic rings. The molecule has 7 rings (SSSR count). The van der Waals surface area contributed by atoms with Crippen LogP contribution < -0.4 is 0 Å². The third kappa shape index (κ3) is 2.20. The van der Waals surface area contributed by atoms with Gasteiger partial charge in [-0.2, -0.15) is 0 Å². The van der Waals surface area contributed by atoms with Crippen LogP contribution in [0.1, 0.15) is 41.0 Å². The van der Waals surface area contributed by atoms with Gasteiger partial charge in [-0.05, 0) is 63.4 Å². The Labute approximate surface area is 183 Å². The van der Waals surface area contributed by atoms with E-state index in [0.29, 0.717) is 5.92 Å². The van der Waals surface area contributed by atoms with Crippen molar-refractivity contribution in [2.45, 2.75) is 30.6 Å². The van der Waals surface area contributed by atoms with Crippen molar-refractivity contribution in [1.82, 2.24) is 0 Å². The largest absolute Gasteiger partial charge is 0.0804 e. The fourth-order valence-electron chi connectivity index (χ4n) is 6.74. The fourth-order valence-corrected chi connectivity index (χ4v) is 6.74. The lowest BCUT2D eigenvalue weighted by Crippen LogP contribution is -2.33. The van der Waals surface area contributed by atoms with E-state index < -0.39 is 0 Å². The van der Waals surface area contributed by atoms with Crippen molar-refractivity contribution < 1.29 is 0 Å². The van der Waals surface area contributed by atoms with E-state index in [1.807, 2.05) is 0 Å². The molecule has 2 unspecified atom stereocenters. The first-order chi connectivity index (χ1) is 15.4. The molecule has 0 amide bonds. The van der Waals surface area contributed by atoms with Crippen LogP contribution in [0.3, 0.4) is 0 Å². The van der Waals surface area contributed by atoms with E-state index in [0.717, 1.165) is 12.8 Å². The standard InChI is InChI=1S/C31H24/c1-5-13-24-21(9-1)17-18-27-29(24)25-14-6-7-15-26(25)30(27)31(23-11-3-4-12-23)20-19-22-10-2-8-16-28(22)31/h1-11,13-18,30H,12,19-20H2. The van der Waals surface area contributed by atoms with E-state index in [2.05, 4.69) is 103 Å². The van der Waals surface area contributed by atoms with E-state index in [1.165, 1.54) is 45.0 Å². The Bertz CT molecular complexity index is 1420. The lowest BCUT2D eigenvalue weighted by molar-refractivity contribution is 0.440. The highest BCUT2D eigenvalue weighted by Crippen LogP contribution is 2.62. The smallest absolute Gasteiger partial charge is 0.0283 e. The number of benzene rings is 4. The highest BCUT2D eigenvalue weighted by Gasteiger charge is 2.51. The Morgan fingerprint density at radius 1 is 0.742 bits per heavy atom. The van der Waals surface area contributed by atoms with Gasteiger partial charge in [0.1, 0.15) is 0 Å². The molecule has 0 saturated carbocycles. The average Bonchev–Trinajstić information content (AvgIpc) is 3.55. The second kappa shape index (κ2) is 6.31. The van der Waals surface area contributed by atoms with Gasteiger partial charge in [-0.25, -0.2) is 0 Å². The Morgan fingerprint density at radius 2 is 1.58 bits per heavy atom. The van der Waals surface area contributed by atoms with Gasteiger partial charge in [0.15, 0.2) is 0 Å². The number of fused-ring (bicyclic) bond motifs is 6. The van der Waals surface area contributed by atoms with Gasteiger partial charge in [-0.15, -0.1) is 0 Å². The van der Waals surface area contributed by atoms with E-state index in [1.54, 1.807) is 11.1 Å². The van der Waals surface area contributed by atoms with Crippen LogP contribution in [0.15, 0.2) is 109 Å². The minimum Gasteiger partial charge on any atom is -0.0804 e. The van der Waals surface area contributed by atoms with Crippen molar-refractivity contribution in [1.29, 1.82) is 0 Å². The van der Waals surface area contributed by atoms with Crippen LogP contribution in [0.2, 0.25) is 0 Å². The molecule has 2 atom stereocenters. The van der Waals surface area contributed by atoms with Crippen LogP contribution in [0.4, 0.5) is 0 Å². The van der Waals surface area contributed by atoms with Crippen LogP contribution in [0.25, 0.3) is 21.9 Å². The third-order valence-electron chi connectivity index (χ3n) is 7.94. The number of hydrogen-bond donors (Lipinski definition) is 0. The molecule has 0 N–H and O–H groups in total. The molecule has 3 aliphatic carbocycles. The minimum absolute atomic E-state index is 0.0317. The topological polar surface area (TPSA) is 0 Å². The van der Waals surface area contributed by atoms with Crippen LogP contribution >= 0.6 is 0 Å². The van der Waals surface area contributed by atoms with Gasteiger partial charge in [0.05, 0.1) is 0 Å². The lowest BCUT2D eigenvalue weighted by Gasteiger charge is -2.40. The van der Waals surface area contributed by atoms with Gasteiger partial charge in [-0.1, -0.05) is 109 Å². The summed E-state index contributed by atoms with van der Waals surface area (Å²) in [6, 6.07) is 32.0. The zero-order valence-electron chi connectivity index (χ0n) is 17.5. The molecule has 4 aromatic rings. The zero-order valence-corrected chi connectivity index (χ0v) is 17.5. The van der Waals surface area contributed by atoms with Gasteiger partial charge in [0, 0.05) is 11.3 Å². The second-order valence-electron chi connectivity index (χ2n) is 9.22. The Morgan fingerprint density at radius 3 is 2.52 bits per heavy atom. The molecule has 0 aliphatic heterocycles.